The van der Waals surface area contributed by atoms with Gasteiger partial charge in [-0.2, -0.15) is 0 Å². The molecule has 1 aliphatic rings. The lowest BCUT2D eigenvalue weighted by Crippen LogP contribution is -2.35. The highest BCUT2D eigenvalue weighted by Crippen LogP contribution is 2.24. The molecule has 1 aromatic carbocycles. The van der Waals surface area contributed by atoms with E-state index in [4.69, 9.17) is 0 Å². The second kappa shape index (κ2) is 7.56. The summed E-state index contributed by atoms with van der Waals surface area (Å²) in [6.45, 7) is 3.28. The van der Waals surface area contributed by atoms with Crippen LogP contribution in [0, 0.1) is 5.92 Å². The number of imidazole rings is 1. The monoisotopic (exact) mass is 372 g/mol. The number of hydrogen-bond acceptors (Lipinski definition) is 4. The zero-order valence-electron chi connectivity index (χ0n) is 15.8. The van der Waals surface area contributed by atoms with Crippen LogP contribution in [0.15, 0.2) is 55.2 Å². The fourth-order valence-electron chi connectivity index (χ4n) is 4.25. The second-order valence-corrected chi connectivity index (χ2v) is 7.64. The van der Waals surface area contributed by atoms with Crippen LogP contribution in [0.3, 0.4) is 0 Å². The number of fused-ring (bicyclic) bond motifs is 1. The summed E-state index contributed by atoms with van der Waals surface area (Å²) in [6.07, 6.45) is 12.9. The molecular formula is C22H24N6. The molecule has 142 valence electrons. The predicted molar refractivity (Wildman–Crippen MR) is 110 cm³/mol. The Bertz CT molecular complexity index is 1030. The summed E-state index contributed by atoms with van der Waals surface area (Å²) in [6, 6.07) is 8.54. The van der Waals surface area contributed by atoms with Crippen molar-refractivity contribution in [2.75, 3.05) is 13.1 Å². The number of nitrogens with one attached hydrogen (secondary N) is 2. The van der Waals surface area contributed by atoms with Crippen molar-refractivity contribution in [2.45, 2.75) is 25.8 Å². The Balaban J connectivity index is 1.23. The van der Waals surface area contributed by atoms with Crippen LogP contribution in [0.5, 0.6) is 0 Å². The molecular weight excluding hydrogens is 348 g/mol. The molecule has 4 aromatic rings. The molecule has 4 heterocycles. The van der Waals surface area contributed by atoms with Gasteiger partial charge >= 0.3 is 0 Å². The second-order valence-electron chi connectivity index (χ2n) is 7.64. The lowest BCUT2D eigenvalue weighted by Gasteiger charge is -2.32. The average Bonchev–Trinajstić information content (AvgIpc) is 3.40. The molecule has 1 atom stereocenters. The average molecular weight is 372 g/mol. The molecule has 0 unspecified atom stereocenters. The SMILES string of the molecule is c1ccc2c(CN3CCC[C@H](Cc4cnc(-c5ncc[nH]5)cn4)C3)c[nH]c2c1. The van der Waals surface area contributed by atoms with Gasteiger partial charge in [-0.15, -0.1) is 0 Å². The summed E-state index contributed by atoms with van der Waals surface area (Å²) < 4.78 is 0. The minimum Gasteiger partial charge on any atom is -0.361 e. The molecule has 0 aliphatic carbocycles. The Labute approximate surface area is 164 Å². The molecule has 28 heavy (non-hydrogen) atoms. The standard InChI is InChI=1S/C22H24N6/c1-2-6-20-19(5-1)17(11-26-20)15-28-9-3-4-16(14-28)10-18-12-27-21(13-25-18)22-23-7-8-24-22/h1-2,5-8,11-13,16,26H,3-4,9-10,14-15H2,(H,23,24)/t16-/m1/s1. The third kappa shape index (κ3) is 3.55. The van der Waals surface area contributed by atoms with Crippen molar-refractivity contribution < 1.29 is 0 Å². The molecule has 0 bridgehead atoms. The van der Waals surface area contributed by atoms with Gasteiger partial charge in [0.1, 0.15) is 5.69 Å². The Hall–Kier alpha value is -2.99. The largest absolute Gasteiger partial charge is 0.361 e. The van der Waals surface area contributed by atoms with Gasteiger partial charge in [0.2, 0.25) is 0 Å². The van der Waals surface area contributed by atoms with Gasteiger partial charge in [0.05, 0.1) is 11.9 Å². The molecule has 2 N–H and O–H groups in total. The summed E-state index contributed by atoms with van der Waals surface area (Å²) in [5, 5.41) is 1.34. The topological polar surface area (TPSA) is 73.5 Å². The molecule has 0 radical (unpaired) electrons. The maximum atomic E-state index is 4.62. The van der Waals surface area contributed by atoms with Gasteiger partial charge in [-0.05, 0) is 43.4 Å². The van der Waals surface area contributed by atoms with Crippen molar-refractivity contribution in [3.63, 3.8) is 0 Å². The number of piperidine rings is 1. The number of likely N-dealkylation sites (tertiary alicyclic amines) is 1. The van der Waals surface area contributed by atoms with Crippen molar-refractivity contribution in [1.82, 2.24) is 29.8 Å². The Morgan fingerprint density at radius 1 is 1.07 bits per heavy atom. The quantitative estimate of drug-likeness (QED) is 0.559. The summed E-state index contributed by atoms with van der Waals surface area (Å²) in [4.78, 5) is 22.4. The molecule has 0 spiro atoms. The molecule has 1 fully saturated rings. The number of hydrogen-bond donors (Lipinski definition) is 2. The van der Waals surface area contributed by atoms with E-state index in [2.05, 4.69) is 60.3 Å². The van der Waals surface area contributed by atoms with E-state index >= 15 is 0 Å². The maximum absolute atomic E-state index is 4.62. The van der Waals surface area contributed by atoms with Crippen molar-refractivity contribution in [3.8, 4) is 11.5 Å². The number of H-pyrrole nitrogens is 2. The van der Waals surface area contributed by atoms with E-state index < -0.39 is 0 Å². The molecule has 0 saturated carbocycles. The summed E-state index contributed by atoms with van der Waals surface area (Å²) in [5.41, 5.74) is 4.46. The van der Waals surface area contributed by atoms with Crippen LogP contribution in [0.4, 0.5) is 0 Å². The highest BCUT2D eigenvalue weighted by Gasteiger charge is 2.21. The molecule has 1 aliphatic heterocycles. The van der Waals surface area contributed by atoms with Gasteiger partial charge in [0, 0.05) is 48.8 Å². The third-order valence-corrected chi connectivity index (χ3v) is 5.62. The number of aromatic nitrogens is 5. The van der Waals surface area contributed by atoms with Gasteiger partial charge in [0.25, 0.3) is 0 Å². The van der Waals surface area contributed by atoms with E-state index in [9.17, 15) is 0 Å². The van der Waals surface area contributed by atoms with E-state index in [1.54, 1.807) is 12.4 Å². The van der Waals surface area contributed by atoms with Crippen LogP contribution < -0.4 is 0 Å². The van der Waals surface area contributed by atoms with E-state index in [-0.39, 0.29) is 0 Å². The minimum absolute atomic E-state index is 0.628. The van der Waals surface area contributed by atoms with Gasteiger partial charge in [-0.3, -0.25) is 9.88 Å². The lowest BCUT2D eigenvalue weighted by atomic mass is 9.93. The maximum Gasteiger partial charge on any atom is 0.157 e. The van der Waals surface area contributed by atoms with Crippen LogP contribution in [0.25, 0.3) is 22.4 Å². The number of nitrogens with zero attached hydrogens (tertiary/aromatic N) is 4. The Morgan fingerprint density at radius 3 is 2.89 bits per heavy atom. The van der Waals surface area contributed by atoms with Crippen LogP contribution >= 0.6 is 0 Å². The summed E-state index contributed by atoms with van der Waals surface area (Å²) in [5.74, 6) is 1.39. The van der Waals surface area contributed by atoms with E-state index in [1.165, 1.54) is 35.9 Å². The van der Waals surface area contributed by atoms with Crippen molar-refractivity contribution in [3.05, 3.63) is 66.5 Å². The lowest BCUT2D eigenvalue weighted by molar-refractivity contribution is 0.167. The molecule has 1 saturated heterocycles. The first-order valence-electron chi connectivity index (χ1n) is 9.93. The van der Waals surface area contributed by atoms with Crippen LogP contribution in [-0.2, 0) is 13.0 Å². The first-order chi connectivity index (χ1) is 13.8. The number of aromatic amines is 2. The van der Waals surface area contributed by atoms with Crippen molar-refractivity contribution in [1.29, 1.82) is 0 Å². The van der Waals surface area contributed by atoms with Crippen LogP contribution in [0.1, 0.15) is 24.1 Å². The fourth-order valence-corrected chi connectivity index (χ4v) is 4.25. The molecule has 6 nitrogen and oxygen atoms in total. The van der Waals surface area contributed by atoms with Gasteiger partial charge in [0.15, 0.2) is 5.82 Å². The Morgan fingerprint density at radius 2 is 2.04 bits per heavy atom. The summed E-state index contributed by atoms with van der Waals surface area (Å²) >= 11 is 0. The van der Waals surface area contributed by atoms with Crippen LogP contribution in [0.2, 0.25) is 0 Å². The number of para-hydroxylation sites is 1. The highest BCUT2D eigenvalue weighted by molar-refractivity contribution is 5.82. The highest BCUT2D eigenvalue weighted by atomic mass is 15.1. The zero-order chi connectivity index (χ0) is 18.8. The summed E-state index contributed by atoms with van der Waals surface area (Å²) in [7, 11) is 0. The Kier molecular flexibility index (Phi) is 4.62. The van der Waals surface area contributed by atoms with Gasteiger partial charge < -0.3 is 9.97 Å². The van der Waals surface area contributed by atoms with Crippen molar-refractivity contribution in [2.24, 2.45) is 5.92 Å². The van der Waals surface area contributed by atoms with Gasteiger partial charge in [-0.1, -0.05) is 18.2 Å². The van der Waals surface area contributed by atoms with E-state index in [0.29, 0.717) is 5.92 Å². The number of benzene rings is 1. The molecule has 5 rings (SSSR count). The molecule has 0 amide bonds. The van der Waals surface area contributed by atoms with Gasteiger partial charge in [-0.25, -0.2) is 9.97 Å². The number of rotatable bonds is 5. The first-order valence-corrected chi connectivity index (χ1v) is 9.93. The zero-order valence-corrected chi connectivity index (χ0v) is 15.8. The smallest absolute Gasteiger partial charge is 0.157 e. The molecule has 6 heteroatoms. The van der Waals surface area contributed by atoms with E-state index in [1.807, 2.05) is 12.4 Å². The van der Waals surface area contributed by atoms with Crippen molar-refractivity contribution >= 4 is 10.9 Å². The normalized spacial score (nSPS) is 17.9. The minimum atomic E-state index is 0.628. The third-order valence-electron chi connectivity index (χ3n) is 5.62. The molecule has 3 aromatic heterocycles. The first kappa shape index (κ1) is 17.1. The van der Waals surface area contributed by atoms with E-state index in [0.717, 1.165) is 36.7 Å². The fraction of sp³-hybridized carbons (Fsp3) is 0.318. The predicted octanol–water partition coefficient (Wildman–Crippen LogP) is 3.80. The van der Waals surface area contributed by atoms with Crippen LogP contribution in [-0.4, -0.2) is 42.9 Å².